The molecule has 2 nitrogen and oxygen atoms in total. The Morgan fingerprint density at radius 3 is 2.94 bits per heavy atom. The Bertz CT molecular complexity index is 450. The van der Waals surface area contributed by atoms with E-state index in [0.717, 1.165) is 37.0 Å². The highest BCUT2D eigenvalue weighted by molar-refractivity contribution is 5.38. The van der Waals surface area contributed by atoms with Crippen LogP contribution in [0.25, 0.3) is 0 Å². The second-order valence-electron chi connectivity index (χ2n) is 5.28. The second kappa shape index (κ2) is 5.15. The minimum Gasteiger partial charge on any atom is -0.486 e. The lowest BCUT2D eigenvalue weighted by Gasteiger charge is -2.24. The fourth-order valence-corrected chi connectivity index (χ4v) is 2.88. The maximum atomic E-state index is 10.0. The fourth-order valence-electron chi connectivity index (χ4n) is 2.88. The molecular weight excluding hydrogens is 224 g/mol. The monoisotopic (exact) mass is 244 g/mol. The van der Waals surface area contributed by atoms with Crippen molar-refractivity contribution in [3.05, 3.63) is 41.5 Å². The Hall–Kier alpha value is -1.28. The molecule has 0 amide bonds. The predicted molar refractivity (Wildman–Crippen MR) is 71.7 cm³/mol. The van der Waals surface area contributed by atoms with E-state index >= 15 is 0 Å². The number of hydrogen-bond acceptors (Lipinski definition) is 2. The Kier molecular flexibility index (Phi) is 3.37. The first-order chi connectivity index (χ1) is 8.83. The largest absolute Gasteiger partial charge is 0.486 e. The van der Waals surface area contributed by atoms with E-state index < -0.39 is 0 Å². The summed E-state index contributed by atoms with van der Waals surface area (Å²) in [4.78, 5) is 0. The van der Waals surface area contributed by atoms with Gasteiger partial charge in [-0.25, -0.2) is 0 Å². The van der Waals surface area contributed by atoms with Crippen LogP contribution in [0.5, 0.6) is 5.75 Å². The third kappa shape index (κ3) is 2.44. The van der Waals surface area contributed by atoms with Gasteiger partial charge in [0.05, 0.1) is 6.10 Å². The molecule has 0 bridgehead atoms. The summed E-state index contributed by atoms with van der Waals surface area (Å²) in [7, 11) is 0. The molecule has 1 unspecified atom stereocenters. The molecule has 2 heteroatoms. The number of fused-ring (bicyclic) bond motifs is 1. The van der Waals surface area contributed by atoms with Gasteiger partial charge in [-0.15, -0.1) is 0 Å². The van der Waals surface area contributed by atoms with Gasteiger partial charge in [-0.2, -0.15) is 0 Å². The van der Waals surface area contributed by atoms with Crippen molar-refractivity contribution in [2.75, 3.05) is 0 Å². The molecule has 96 valence electrons. The summed E-state index contributed by atoms with van der Waals surface area (Å²) >= 11 is 0. The third-order valence-corrected chi connectivity index (χ3v) is 3.90. The summed E-state index contributed by atoms with van der Waals surface area (Å²) in [6.07, 6.45) is 10.8. The first-order valence-corrected chi connectivity index (χ1v) is 6.97. The molecule has 0 spiro atoms. The molecule has 0 aliphatic heterocycles. The Morgan fingerprint density at radius 2 is 2.11 bits per heavy atom. The summed E-state index contributed by atoms with van der Waals surface area (Å²) < 4.78 is 5.97. The first kappa shape index (κ1) is 11.8. The van der Waals surface area contributed by atoms with Gasteiger partial charge in [0.1, 0.15) is 11.9 Å². The average Bonchev–Trinajstić information content (AvgIpc) is 2.41. The lowest BCUT2D eigenvalue weighted by molar-refractivity contribution is 0.155. The van der Waals surface area contributed by atoms with Crippen LogP contribution in [0.2, 0.25) is 0 Å². The third-order valence-electron chi connectivity index (χ3n) is 3.90. The molecule has 0 saturated carbocycles. The molecule has 2 atom stereocenters. The quantitative estimate of drug-likeness (QED) is 0.806. The molecule has 2 aliphatic carbocycles. The minimum absolute atomic E-state index is 0.206. The van der Waals surface area contributed by atoms with E-state index in [0.29, 0.717) is 0 Å². The normalized spacial score (nSPS) is 26.7. The van der Waals surface area contributed by atoms with Gasteiger partial charge in [0.25, 0.3) is 0 Å². The number of aliphatic hydroxyl groups is 1. The molecule has 1 aromatic rings. The van der Waals surface area contributed by atoms with Crippen LogP contribution in [0.1, 0.15) is 49.3 Å². The first-order valence-electron chi connectivity index (χ1n) is 6.97. The van der Waals surface area contributed by atoms with Gasteiger partial charge in [0.15, 0.2) is 0 Å². The highest BCUT2D eigenvalue weighted by Gasteiger charge is 2.19. The number of rotatable bonds is 2. The van der Waals surface area contributed by atoms with Crippen molar-refractivity contribution < 1.29 is 9.84 Å². The summed E-state index contributed by atoms with van der Waals surface area (Å²) in [6, 6.07) is 6.18. The summed E-state index contributed by atoms with van der Waals surface area (Å²) in [6.45, 7) is 0. The minimum atomic E-state index is -0.306. The van der Waals surface area contributed by atoms with Gasteiger partial charge in [-0.1, -0.05) is 12.1 Å². The zero-order valence-electron chi connectivity index (χ0n) is 10.6. The van der Waals surface area contributed by atoms with Crippen LogP contribution >= 0.6 is 0 Å². The van der Waals surface area contributed by atoms with Gasteiger partial charge in [0.2, 0.25) is 0 Å². The van der Waals surface area contributed by atoms with Crippen molar-refractivity contribution in [1.82, 2.24) is 0 Å². The number of ether oxygens (including phenoxy) is 1. The van der Waals surface area contributed by atoms with Crippen LogP contribution in [0.3, 0.4) is 0 Å². The van der Waals surface area contributed by atoms with Gasteiger partial charge in [-0.3, -0.25) is 0 Å². The van der Waals surface area contributed by atoms with Crippen molar-refractivity contribution in [2.45, 2.75) is 50.7 Å². The molecule has 3 rings (SSSR count). The molecule has 1 N–H and O–H groups in total. The Balaban J connectivity index is 1.78. The number of benzene rings is 1. The van der Waals surface area contributed by atoms with Crippen LogP contribution in [0.15, 0.2) is 30.4 Å². The Labute approximate surface area is 108 Å². The lowest BCUT2D eigenvalue weighted by Crippen LogP contribution is -2.16. The van der Waals surface area contributed by atoms with Gasteiger partial charge >= 0.3 is 0 Å². The summed E-state index contributed by atoms with van der Waals surface area (Å²) in [5.74, 6) is 0.895. The lowest BCUT2D eigenvalue weighted by atomic mass is 9.89. The second-order valence-corrected chi connectivity index (χ2v) is 5.28. The molecular formula is C16H20O2. The van der Waals surface area contributed by atoms with E-state index in [4.69, 9.17) is 4.74 Å². The van der Waals surface area contributed by atoms with Gasteiger partial charge in [0, 0.05) is 0 Å². The van der Waals surface area contributed by atoms with Crippen LogP contribution in [-0.2, 0) is 6.42 Å². The van der Waals surface area contributed by atoms with E-state index in [-0.39, 0.29) is 12.2 Å². The van der Waals surface area contributed by atoms with E-state index in [9.17, 15) is 5.11 Å². The Morgan fingerprint density at radius 1 is 1.17 bits per heavy atom. The molecule has 0 aromatic heterocycles. The molecule has 0 radical (unpaired) electrons. The van der Waals surface area contributed by atoms with E-state index in [1.165, 1.54) is 18.4 Å². The molecule has 0 heterocycles. The van der Waals surface area contributed by atoms with E-state index in [1.54, 1.807) is 0 Å². The zero-order valence-corrected chi connectivity index (χ0v) is 10.6. The highest BCUT2D eigenvalue weighted by Crippen LogP contribution is 2.32. The number of aliphatic hydroxyl groups excluding tert-OH is 1. The highest BCUT2D eigenvalue weighted by atomic mass is 16.5. The summed E-state index contributed by atoms with van der Waals surface area (Å²) in [5.41, 5.74) is 2.35. The smallest absolute Gasteiger partial charge is 0.120 e. The SMILES string of the molecule is O[C@H]1CCCc2ccc(OC3C=CCCC3)cc21. The van der Waals surface area contributed by atoms with Gasteiger partial charge < -0.3 is 9.84 Å². The van der Waals surface area contributed by atoms with Crippen molar-refractivity contribution in [2.24, 2.45) is 0 Å². The van der Waals surface area contributed by atoms with E-state index in [1.807, 2.05) is 12.1 Å². The maximum absolute atomic E-state index is 10.0. The van der Waals surface area contributed by atoms with Crippen LogP contribution < -0.4 is 4.74 Å². The van der Waals surface area contributed by atoms with Crippen LogP contribution in [0.4, 0.5) is 0 Å². The fraction of sp³-hybridized carbons (Fsp3) is 0.500. The molecule has 2 aliphatic rings. The molecule has 1 aromatic carbocycles. The number of hydrogen-bond donors (Lipinski definition) is 1. The van der Waals surface area contributed by atoms with Crippen LogP contribution in [0, 0.1) is 0 Å². The average molecular weight is 244 g/mol. The maximum Gasteiger partial charge on any atom is 0.120 e. The standard InChI is InChI=1S/C16H20O2/c17-16-8-4-5-12-9-10-14(11-15(12)16)18-13-6-2-1-3-7-13/h2,6,9-11,13,16-17H,1,3-5,7-8H2/t13?,16-/m0/s1. The molecule has 0 saturated heterocycles. The van der Waals surface area contributed by atoms with Crippen molar-refractivity contribution in [3.8, 4) is 5.75 Å². The van der Waals surface area contributed by atoms with Crippen molar-refractivity contribution >= 4 is 0 Å². The van der Waals surface area contributed by atoms with Crippen LogP contribution in [-0.4, -0.2) is 11.2 Å². The number of aryl methyl sites for hydroxylation is 1. The predicted octanol–water partition coefficient (Wildman–Crippen LogP) is 3.54. The topological polar surface area (TPSA) is 29.5 Å². The number of allylic oxidation sites excluding steroid dienone is 1. The van der Waals surface area contributed by atoms with E-state index in [2.05, 4.69) is 18.2 Å². The van der Waals surface area contributed by atoms with Crippen molar-refractivity contribution in [1.29, 1.82) is 0 Å². The summed E-state index contributed by atoms with van der Waals surface area (Å²) in [5, 5.41) is 10.0. The molecule has 0 fully saturated rings. The zero-order chi connectivity index (χ0) is 12.4. The van der Waals surface area contributed by atoms with Gasteiger partial charge in [-0.05, 0) is 67.9 Å². The van der Waals surface area contributed by atoms with Crippen molar-refractivity contribution in [3.63, 3.8) is 0 Å². The molecule has 18 heavy (non-hydrogen) atoms.